The lowest BCUT2D eigenvalue weighted by Gasteiger charge is -2.04. The molecule has 24 heavy (non-hydrogen) atoms. The first-order chi connectivity index (χ1) is 11.6. The maximum absolute atomic E-state index is 8.89. The molecule has 0 saturated carbocycles. The van der Waals surface area contributed by atoms with Gasteiger partial charge in [-0.05, 0) is 19.8 Å². The van der Waals surface area contributed by atoms with Crippen LogP contribution in [0.4, 0.5) is 0 Å². The second kappa shape index (κ2) is 16.5. The number of aromatic nitrogens is 1. The minimum Gasteiger partial charge on any atom is -0.550 e. The second-order valence-corrected chi connectivity index (χ2v) is 6.46. The third-order valence-electron chi connectivity index (χ3n) is 4.07. The molecule has 1 aromatic heterocycles. The standard InChI is InChI=1S/C19H34N.C2H4O2/c1-3-5-7-8-9-10-11-13-17-20-18-14-12-16-19(20)15-6-4-2;1-2(3)4/h12,14,16,18H,3-11,13,15,17H2,1-2H3;1H3,(H,3,4)/q+1;/p-1. The Labute approximate surface area is 149 Å². The third kappa shape index (κ3) is 14.2. The van der Waals surface area contributed by atoms with Crippen LogP contribution in [0.1, 0.15) is 90.7 Å². The summed E-state index contributed by atoms with van der Waals surface area (Å²) in [5, 5.41) is 8.89. The number of aliphatic carboxylic acids is 1. The molecule has 1 heterocycles. The quantitative estimate of drug-likeness (QED) is 0.424. The smallest absolute Gasteiger partial charge is 0.181 e. The number of rotatable bonds is 12. The highest BCUT2D eigenvalue weighted by molar-refractivity contribution is 5.60. The van der Waals surface area contributed by atoms with Crippen molar-refractivity contribution in [2.45, 2.75) is 97.9 Å². The van der Waals surface area contributed by atoms with Crippen LogP contribution < -0.4 is 9.67 Å². The van der Waals surface area contributed by atoms with E-state index < -0.39 is 5.97 Å². The molecule has 0 radical (unpaired) electrons. The van der Waals surface area contributed by atoms with Crippen LogP contribution in [0, 0.1) is 0 Å². The number of aryl methyl sites for hydroxylation is 2. The summed E-state index contributed by atoms with van der Waals surface area (Å²) >= 11 is 0. The van der Waals surface area contributed by atoms with Gasteiger partial charge in [0.25, 0.3) is 0 Å². The number of carboxylic acid groups (broad SMARTS) is 1. The Kier molecular flexibility index (Phi) is 15.5. The number of carbonyl (C=O) groups is 1. The van der Waals surface area contributed by atoms with E-state index in [1.165, 1.54) is 82.9 Å². The van der Waals surface area contributed by atoms with Crippen LogP contribution >= 0.6 is 0 Å². The Morgan fingerprint density at radius 3 is 2.04 bits per heavy atom. The molecule has 0 spiro atoms. The molecule has 0 N–H and O–H groups in total. The zero-order valence-electron chi connectivity index (χ0n) is 16.1. The van der Waals surface area contributed by atoms with Gasteiger partial charge < -0.3 is 9.90 Å². The summed E-state index contributed by atoms with van der Waals surface area (Å²) in [6.07, 6.45) is 17.3. The number of carbonyl (C=O) groups excluding carboxylic acids is 1. The van der Waals surface area contributed by atoms with Gasteiger partial charge in [-0.3, -0.25) is 0 Å². The summed E-state index contributed by atoms with van der Waals surface area (Å²) < 4.78 is 2.47. The van der Waals surface area contributed by atoms with Gasteiger partial charge in [0.2, 0.25) is 0 Å². The number of carboxylic acids is 1. The van der Waals surface area contributed by atoms with Gasteiger partial charge in [0.05, 0.1) is 0 Å². The number of hydrogen-bond acceptors (Lipinski definition) is 2. The molecule has 1 rings (SSSR count). The van der Waals surface area contributed by atoms with Gasteiger partial charge in [0, 0.05) is 30.9 Å². The van der Waals surface area contributed by atoms with Gasteiger partial charge in [-0.1, -0.05) is 64.9 Å². The monoisotopic (exact) mass is 335 g/mol. The van der Waals surface area contributed by atoms with Crippen molar-refractivity contribution in [1.29, 1.82) is 0 Å². The van der Waals surface area contributed by atoms with E-state index in [2.05, 4.69) is 42.8 Å². The van der Waals surface area contributed by atoms with Crippen molar-refractivity contribution in [2.24, 2.45) is 0 Å². The summed E-state index contributed by atoms with van der Waals surface area (Å²) in [6.45, 7) is 6.73. The SMILES string of the molecule is CC(=O)[O-].CCCCCCCCCC[n+]1ccccc1CCCC. The fourth-order valence-corrected chi connectivity index (χ4v) is 2.73. The molecule has 3 nitrogen and oxygen atoms in total. The van der Waals surface area contributed by atoms with Crippen LogP contribution in [0.3, 0.4) is 0 Å². The third-order valence-corrected chi connectivity index (χ3v) is 4.07. The molecule has 0 atom stereocenters. The molecule has 0 bridgehead atoms. The summed E-state index contributed by atoms with van der Waals surface area (Å²) in [7, 11) is 0. The zero-order chi connectivity index (χ0) is 18.0. The van der Waals surface area contributed by atoms with Gasteiger partial charge in [0.1, 0.15) is 6.54 Å². The average molecular weight is 336 g/mol. The summed E-state index contributed by atoms with van der Waals surface area (Å²) in [5.41, 5.74) is 1.51. The van der Waals surface area contributed by atoms with Crippen molar-refractivity contribution in [3.8, 4) is 0 Å². The molecule has 3 heteroatoms. The highest BCUT2D eigenvalue weighted by Gasteiger charge is 2.07. The Morgan fingerprint density at radius 1 is 0.917 bits per heavy atom. The van der Waals surface area contributed by atoms with Crippen molar-refractivity contribution < 1.29 is 14.5 Å². The molecule has 0 aliphatic rings. The Morgan fingerprint density at radius 2 is 1.46 bits per heavy atom. The van der Waals surface area contributed by atoms with E-state index in [4.69, 9.17) is 9.90 Å². The van der Waals surface area contributed by atoms with Crippen LogP contribution in [-0.2, 0) is 17.8 Å². The molecular formula is C21H37NO2. The molecule has 0 aliphatic heterocycles. The first kappa shape index (κ1) is 22.6. The fourth-order valence-electron chi connectivity index (χ4n) is 2.73. The molecule has 0 unspecified atom stereocenters. The fraction of sp³-hybridized carbons (Fsp3) is 0.714. The maximum Gasteiger partial charge on any atom is 0.181 e. The first-order valence-corrected chi connectivity index (χ1v) is 9.76. The van der Waals surface area contributed by atoms with E-state index >= 15 is 0 Å². The minimum absolute atomic E-state index is 0.972. The average Bonchev–Trinajstić information content (AvgIpc) is 2.56. The molecule has 0 aliphatic carbocycles. The number of pyridine rings is 1. The second-order valence-electron chi connectivity index (χ2n) is 6.46. The summed E-state index contributed by atoms with van der Waals surface area (Å²) in [4.78, 5) is 8.89. The molecular weight excluding hydrogens is 298 g/mol. The van der Waals surface area contributed by atoms with E-state index in [1.54, 1.807) is 0 Å². The lowest BCUT2D eigenvalue weighted by atomic mass is 10.1. The Bertz CT molecular complexity index is 414. The van der Waals surface area contributed by atoms with Gasteiger partial charge in [-0.25, -0.2) is 4.57 Å². The molecule has 0 amide bonds. The van der Waals surface area contributed by atoms with E-state index in [0.29, 0.717) is 0 Å². The number of unbranched alkanes of at least 4 members (excludes halogenated alkanes) is 8. The Hall–Kier alpha value is -1.38. The molecule has 0 saturated heterocycles. The largest absolute Gasteiger partial charge is 0.550 e. The van der Waals surface area contributed by atoms with Crippen molar-refractivity contribution in [3.63, 3.8) is 0 Å². The van der Waals surface area contributed by atoms with Crippen molar-refractivity contribution in [3.05, 3.63) is 30.1 Å². The highest BCUT2D eigenvalue weighted by atomic mass is 16.4. The van der Waals surface area contributed by atoms with E-state index in [9.17, 15) is 0 Å². The predicted molar refractivity (Wildman–Crippen MR) is 98.5 cm³/mol. The van der Waals surface area contributed by atoms with E-state index in [0.717, 1.165) is 6.92 Å². The van der Waals surface area contributed by atoms with E-state index in [-0.39, 0.29) is 0 Å². The number of nitrogens with zero attached hydrogens (tertiary/aromatic N) is 1. The lowest BCUT2D eigenvalue weighted by Crippen LogP contribution is -2.37. The first-order valence-electron chi connectivity index (χ1n) is 9.76. The summed E-state index contributed by atoms with van der Waals surface area (Å²) in [5.74, 6) is -1.08. The topological polar surface area (TPSA) is 44.0 Å². The molecule has 138 valence electrons. The summed E-state index contributed by atoms with van der Waals surface area (Å²) in [6, 6.07) is 6.63. The van der Waals surface area contributed by atoms with Gasteiger partial charge in [-0.2, -0.15) is 0 Å². The minimum atomic E-state index is -1.08. The Balaban J connectivity index is 0.00000118. The maximum atomic E-state index is 8.89. The van der Waals surface area contributed by atoms with Crippen LogP contribution in [0.2, 0.25) is 0 Å². The number of hydrogen-bond donors (Lipinski definition) is 0. The van der Waals surface area contributed by atoms with Crippen LogP contribution in [0.15, 0.2) is 24.4 Å². The highest BCUT2D eigenvalue weighted by Crippen LogP contribution is 2.08. The van der Waals surface area contributed by atoms with Crippen molar-refractivity contribution >= 4 is 5.97 Å². The van der Waals surface area contributed by atoms with E-state index in [1.807, 2.05) is 0 Å². The molecule has 0 aromatic carbocycles. The zero-order valence-corrected chi connectivity index (χ0v) is 16.1. The predicted octanol–water partition coefficient (Wildman–Crippen LogP) is 4.21. The van der Waals surface area contributed by atoms with Gasteiger partial charge in [0.15, 0.2) is 11.9 Å². The van der Waals surface area contributed by atoms with Crippen LogP contribution in [0.25, 0.3) is 0 Å². The molecule has 0 fully saturated rings. The van der Waals surface area contributed by atoms with Gasteiger partial charge in [-0.15, -0.1) is 0 Å². The van der Waals surface area contributed by atoms with Crippen molar-refractivity contribution in [1.82, 2.24) is 0 Å². The lowest BCUT2D eigenvalue weighted by molar-refractivity contribution is -0.704. The van der Waals surface area contributed by atoms with Crippen molar-refractivity contribution in [2.75, 3.05) is 0 Å². The molecule has 1 aromatic rings. The van der Waals surface area contributed by atoms with Crippen LogP contribution in [-0.4, -0.2) is 5.97 Å². The van der Waals surface area contributed by atoms with Gasteiger partial charge >= 0.3 is 0 Å². The van der Waals surface area contributed by atoms with Crippen LogP contribution in [0.5, 0.6) is 0 Å². The normalized spacial score (nSPS) is 10.1.